The summed E-state index contributed by atoms with van der Waals surface area (Å²) < 4.78 is 17.6. The van der Waals surface area contributed by atoms with Gasteiger partial charge in [0.2, 0.25) is 0 Å². The maximum absolute atomic E-state index is 12.5. The Kier molecular flexibility index (Phi) is 4.64. The Morgan fingerprint density at radius 1 is 1.26 bits per heavy atom. The van der Waals surface area contributed by atoms with Gasteiger partial charge < -0.3 is 14.2 Å². The van der Waals surface area contributed by atoms with E-state index in [9.17, 15) is 4.79 Å². The maximum Gasteiger partial charge on any atom is 0.316 e. The van der Waals surface area contributed by atoms with Crippen molar-refractivity contribution >= 4 is 33.2 Å². The van der Waals surface area contributed by atoms with Crippen LogP contribution in [0, 0.1) is 0 Å². The highest BCUT2D eigenvalue weighted by molar-refractivity contribution is 9.11. The first-order valence-corrected chi connectivity index (χ1v) is 8.94. The number of halogens is 1. The van der Waals surface area contributed by atoms with Crippen molar-refractivity contribution in [3.05, 3.63) is 44.6 Å². The van der Waals surface area contributed by atoms with Crippen molar-refractivity contribution in [1.82, 2.24) is 0 Å². The lowest BCUT2D eigenvalue weighted by molar-refractivity contribution is -0.150. The van der Waals surface area contributed by atoms with Gasteiger partial charge in [0.15, 0.2) is 11.5 Å². The number of carbonyl (C=O) groups is 1. The number of hydrogen-bond acceptors (Lipinski definition) is 5. The first kappa shape index (κ1) is 16.3. The molecule has 6 heteroatoms. The molecule has 2 heterocycles. The summed E-state index contributed by atoms with van der Waals surface area (Å²) in [5.74, 6) is 1.13. The monoisotopic (exact) mass is 396 g/mol. The van der Waals surface area contributed by atoms with Crippen LogP contribution in [0.1, 0.15) is 25.0 Å². The van der Waals surface area contributed by atoms with Crippen molar-refractivity contribution in [1.29, 1.82) is 0 Å². The Morgan fingerprint density at radius 2 is 2.00 bits per heavy atom. The molecule has 0 atom stereocenters. The smallest absolute Gasteiger partial charge is 0.316 e. The Balaban J connectivity index is 1.73. The van der Waals surface area contributed by atoms with E-state index >= 15 is 0 Å². The van der Waals surface area contributed by atoms with Gasteiger partial charge in [-0.25, -0.2) is 0 Å². The normalized spacial score (nSPS) is 13.7. The molecule has 1 aromatic heterocycles. The first-order chi connectivity index (χ1) is 11.0. The molecule has 122 valence electrons. The van der Waals surface area contributed by atoms with Gasteiger partial charge in [-0.1, -0.05) is 6.07 Å². The summed E-state index contributed by atoms with van der Waals surface area (Å²) in [7, 11) is 0. The van der Waals surface area contributed by atoms with Crippen molar-refractivity contribution in [3.63, 3.8) is 0 Å². The van der Waals surface area contributed by atoms with Crippen molar-refractivity contribution in [3.8, 4) is 11.5 Å². The highest BCUT2D eigenvalue weighted by Gasteiger charge is 2.33. The molecule has 1 aliphatic heterocycles. The second-order valence-electron chi connectivity index (χ2n) is 5.82. The van der Waals surface area contributed by atoms with Crippen LogP contribution in [-0.4, -0.2) is 19.2 Å². The molecule has 0 saturated carbocycles. The predicted octanol–water partition coefficient (Wildman–Crippen LogP) is 4.30. The Labute approximate surface area is 147 Å². The molecule has 0 spiro atoms. The molecule has 0 unspecified atom stereocenters. The molecule has 1 aromatic carbocycles. The topological polar surface area (TPSA) is 44.8 Å². The lowest BCUT2D eigenvalue weighted by Crippen LogP contribution is -2.31. The van der Waals surface area contributed by atoms with Crippen LogP contribution >= 0.6 is 27.3 Å². The molecule has 0 amide bonds. The molecule has 3 rings (SSSR count). The van der Waals surface area contributed by atoms with Crippen LogP contribution in [0.5, 0.6) is 11.5 Å². The highest BCUT2D eigenvalue weighted by atomic mass is 79.9. The van der Waals surface area contributed by atoms with Gasteiger partial charge >= 0.3 is 5.97 Å². The SMILES string of the molecule is CC(C)(C(=O)OCc1csc(Br)c1)c1ccc2c(c1)OCCO2. The van der Waals surface area contributed by atoms with Gasteiger partial charge in [-0.05, 0) is 58.9 Å². The number of fused-ring (bicyclic) bond motifs is 1. The standard InChI is InChI=1S/C17H17BrO4S/c1-17(2,16(19)22-9-11-7-15(18)23-10-11)12-3-4-13-14(8-12)21-6-5-20-13/h3-4,7-8,10H,5-6,9H2,1-2H3. The van der Waals surface area contributed by atoms with E-state index in [0.29, 0.717) is 24.7 Å². The van der Waals surface area contributed by atoms with Crippen LogP contribution in [0.4, 0.5) is 0 Å². The second-order valence-corrected chi connectivity index (χ2v) is 8.11. The molecule has 4 nitrogen and oxygen atoms in total. The fraction of sp³-hybridized carbons (Fsp3) is 0.353. The van der Waals surface area contributed by atoms with E-state index in [1.165, 1.54) is 0 Å². The Hall–Kier alpha value is -1.53. The van der Waals surface area contributed by atoms with Gasteiger partial charge in [0.1, 0.15) is 19.8 Å². The van der Waals surface area contributed by atoms with Crippen molar-refractivity contribution in [2.45, 2.75) is 25.9 Å². The van der Waals surface area contributed by atoms with E-state index in [1.807, 2.05) is 43.5 Å². The molecule has 1 aliphatic rings. The zero-order valence-corrected chi connectivity index (χ0v) is 15.3. The van der Waals surface area contributed by atoms with Crippen LogP contribution in [0.3, 0.4) is 0 Å². The number of benzene rings is 1. The number of hydrogen-bond donors (Lipinski definition) is 0. The van der Waals surface area contributed by atoms with Gasteiger partial charge in [-0.15, -0.1) is 11.3 Å². The molecule has 2 aromatic rings. The molecule has 0 bridgehead atoms. The third-order valence-electron chi connectivity index (χ3n) is 3.77. The number of ether oxygens (including phenoxy) is 3. The van der Waals surface area contributed by atoms with E-state index in [4.69, 9.17) is 14.2 Å². The van der Waals surface area contributed by atoms with Gasteiger partial charge in [0.25, 0.3) is 0 Å². The predicted molar refractivity (Wildman–Crippen MR) is 92.3 cm³/mol. The summed E-state index contributed by atoms with van der Waals surface area (Å²) in [6.07, 6.45) is 0. The van der Waals surface area contributed by atoms with Crippen LogP contribution in [0.2, 0.25) is 0 Å². The Bertz CT molecular complexity index is 723. The van der Waals surface area contributed by atoms with E-state index in [-0.39, 0.29) is 12.6 Å². The van der Waals surface area contributed by atoms with Crippen molar-refractivity contribution in [2.24, 2.45) is 0 Å². The average Bonchev–Trinajstić information content (AvgIpc) is 2.97. The largest absolute Gasteiger partial charge is 0.486 e. The molecule has 0 aliphatic carbocycles. The minimum atomic E-state index is -0.761. The number of esters is 1. The molecule has 0 radical (unpaired) electrons. The summed E-state index contributed by atoms with van der Waals surface area (Å²) in [6, 6.07) is 7.54. The lowest BCUT2D eigenvalue weighted by atomic mass is 9.84. The molecular formula is C17H17BrO4S. The van der Waals surface area contributed by atoms with Gasteiger partial charge in [-0.3, -0.25) is 4.79 Å². The summed E-state index contributed by atoms with van der Waals surface area (Å²) in [5.41, 5.74) is 1.06. The molecule has 0 saturated heterocycles. The van der Waals surface area contributed by atoms with E-state index in [1.54, 1.807) is 11.3 Å². The van der Waals surface area contributed by atoms with Crippen molar-refractivity contribution < 1.29 is 19.0 Å². The van der Waals surface area contributed by atoms with E-state index in [0.717, 1.165) is 14.9 Å². The second kappa shape index (κ2) is 6.53. The van der Waals surface area contributed by atoms with Crippen LogP contribution in [0.15, 0.2) is 33.4 Å². The number of carbonyl (C=O) groups excluding carboxylic acids is 1. The molecular weight excluding hydrogens is 380 g/mol. The first-order valence-electron chi connectivity index (χ1n) is 7.27. The number of rotatable bonds is 4. The summed E-state index contributed by atoms with van der Waals surface area (Å²) >= 11 is 4.97. The van der Waals surface area contributed by atoms with Gasteiger partial charge in [0.05, 0.1) is 9.20 Å². The van der Waals surface area contributed by atoms with Crippen LogP contribution in [-0.2, 0) is 21.6 Å². The van der Waals surface area contributed by atoms with Gasteiger partial charge in [-0.2, -0.15) is 0 Å². The fourth-order valence-corrected chi connectivity index (χ4v) is 3.49. The summed E-state index contributed by atoms with van der Waals surface area (Å²) in [4.78, 5) is 12.5. The lowest BCUT2D eigenvalue weighted by Gasteiger charge is -2.25. The fourth-order valence-electron chi connectivity index (χ4n) is 2.30. The van der Waals surface area contributed by atoms with Crippen molar-refractivity contribution in [2.75, 3.05) is 13.2 Å². The molecule has 0 N–H and O–H groups in total. The Morgan fingerprint density at radius 3 is 2.70 bits per heavy atom. The summed E-state index contributed by atoms with van der Waals surface area (Å²) in [6.45, 7) is 5.05. The number of thiophene rings is 1. The van der Waals surface area contributed by atoms with Crippen LogP contribution < -0.4 is 9.47 Å². The quantitative estimate of drug-likeness (QED) is 0.722. The third kappa shape index (κ3) is 3.53. The van der Waals surface area contributed by atoms with E-state index < -0.39 is 5.41 Å². The minimum absolute atomic E-state index is 0.267. The highest BCUT2D eigenvalue weighted by Crippen LogP contribution is 2.35. The zero-order chi connectivity index (χ0) is 16.4. The molecule has 23 heavy (non-hydrogen) atoms. The molecule has 0 fully saturated rings. The van der Waals surface area contributed by atoms with Crippen LogP contribution in [0.25, 0.3) is 0 Å². The third-order valence-corrected chi connectivity index (χ3v) is 5.32. The average molecular weight is 397 g/mol. The van der Waals surface area contributed by atoms with Gasteiger partial charge in [0, 0.05) is 5.56 Å². The maximum atomic E-state index is 12.5. The van der Waals surface area contributed by atoms with E-state index in [2.05, 4.69) is 15.9 Å². The zero-order valence-electron chi connectivity index (χ0n) is 12.9. The summed E-state index contributed by atoms with van der Waals surface area (Å²) in [5, 5.41) is 1.97. The minimum Gasteiger partial charge on any atom is -0.486 e.